The summed E-state index contributed by atoms with van der Waals surface area (Å²) in [7, 11) is 3.03. The average molecular weight is 554 g/mol. The van der Waals surface area contributed by atoms with Gasteiger partial charge in [-0.1, -0.05) is 24.3 Å². The summed E-state index contributed by atoms with van der Waals surface area (Å²) in [6.45, 7) is 5.22. The number of carboxylic acid groups (broad SMARTS) is 1. The van der Waals surface area contributed by atoms with E-state index in [1.54, 1.807) is 61.7 Å². The molecule has 1 atom stereocenters. The second-order valence-corrected chi connectivity index (χ2v) is 9.10. The maximum atomic E-state index is 13.6. The number of aliphatic carboxylic acids is 1. The number of rotatable bonds is 10. The van der Waals surface area contributed by atoms with Crippen LogP contribution in [-0.4, -0.2) is 47.3 Å². The number of hydrogen-bond acceptors (Lipinski definition) is 8. The van der Waals surface area contributed by atoms with E-state index in [9.17, 15) is 14.7 Å². The van der Waals surface area contributed by atoms with Gasteiger partial charge in [-0.05, 0) is 61.4 Å². The van der Waals surface area contributed by atoms with Gasteiger partial charge in [0.05, 0.1) is 36.7 Å². The van der Waals surface area contributed by atoms with E-state index >= 15 is 0 Å². The number of carboxylic acids is 1. The molecule has 0 aliphatic heterocycles. The third-order valence-electron chi connectivity index (χ3n) is 6.42. The summed E-state index contributed by atoms with van der Waals surface area (Å²) in [4.78, 5) is 29.8. The summed E-state index contributed by atoms with van der Waals surface area (Å²) in [5.41, 5.74) is 1.90. The summed E-state index contributed by atoms with van der Waals surface area (Å²) >= 11 is 0. The van der Waals surface area contributed by atoms with Crippen molar-refractivity contribution in [2.45, 2.75) is 19.4 Å². The molecule has 1 N–H and O–H groups in total. The van der Waals surface area contributed by atoms with E-state index in [4.69, 9.17) is 23.6 Å². The van der Waals surface area contributed by atoms with Gasteiger partial charge in [-0.15, -0.1) is 6.58 Å². The Balaban J connectivity index is 1.66. The molecule has 5 aromatic rings. The number of fused-ring (bicyclic) bond motifs is 2. The Morgan fingerprint density at radius 2 is 1.88 bits per heavy atom. The Hall–Kier alpha value is -5.38. The van der Waals surface area contributed by atoms with E-state index in [0.717, 1.165) is 5.39 Å². The predicted molar refractivity (Wildman–Crippen MR) is 155 cm³/mol. The number of allylic oxidation sites excluding steroid dienone is 1. The van der Waals surface area contributed by atoms with Gasteiger partial charge >= 0.3 is 5.97 Å². The molecule has 0 bridgehead atoms. The lowest BCUT2D eigenvalue weighted by atomic mass is 10.1. The van der Waals surface area contributed by atoms with Crippen molar-refractivity contribution in [1.29, 1.82) is 0 Å². The van der Waals surface area contributed by atoms with Crippen LogP contribution in [0.3, 0.4) is 0 Å². The molecule has 5 rings (SSSR count). The molecule has 0 fully saturated rings. The fourth-order valence-corrected chi connectivity index (χ4v) is 4.41. The molecule has 0 amide bonds. The van der Waals surface area contributed by atoms with Crippen molar-refractivity contribution in [2.24, 2.45) is 5.10 Å². The highest BCUT2D eigenvalue weighted by Crippen LogP contribution is 2.35. The van der Waals surface area contributed by atoms with E-state index in [1.807, 2.05) is 12.1 Å². The van der Waals surface area contributed by atoms with Gasteiger partial charge < -0.3 is 23.7 Å². The molecule has 0 aliphatic carbocycles. The van der Waals surface area contributed by atoms with Gasteiger partial charge in [0.15, 0.2) is 23.4 Å². The summed E-state index contributed by atoms with van der Waals surface area (Å²) in [5, 5.41) is 15.0. The molecule has 0 aliphatic rings. The van der Waals surface area contributed by atoms with Crippen molar-refractivity contribution < 1.29 is 28.5 Å². The standard InChI is InChI=1S/C31H27N3O7/c1-5-9-20-14-19(15-26(39-4)28(20)40-18(2)31(36)37)17-32-34-29(33-23-11-7-6-10-21(23)30(34)35)27-16-22-24(38-3)12-8-13-25(22)41-27/h5-8,10-18H,1,9H2,2-4H3,(H,36,37)/t18-/m0/s1. The van der Waals surface area contributed by atoms with Gasteiger partial charge in [-0.3, -0.25) is 4.79 Å². The summed E-state index contributed by atoms with van der Waals surface area (Å²) < 4.78 is 23.9. The molecule has 2 aromatic heterocycles. The Morgan fingerprint density at radius 3 is 2.61 bits per heavy atom. The summed E-state index contributed by atoms with van der Waals surface area (Å²) in [6, 6.07) is 17.6. The minimum Gasteiger partial charge on any atom is -0.496 e. The fraction of sp³-hybridized carbons (Fsp3) is 0.161. The van der Waals surface area contributed by atoms with Crippen LogP contribution in [0, 0.1) is 0 Å². The van der Waals surface area contributed by atoms with Gasteiger partial charge in [0.1, 0.15) is 11.3 Å². The van der Waals surface area contributed by atoms with Crippen LogP contribution in [0.1, 0.15) is 18.1 Å². The third-order valence-corrected chi connectivity index (χ3v) is 6.42. The molecule has 0 unspecified atom stereocenters. The van der Waals surface area contributed by atoms with Gasteiger partial charge in [0, 0.05) is 5.56 Å². The fourth-order valence-electron chi connectivity index (χ4n) is 4.41. The number of methoxy groups -OCH3 is 2. The molecular formula is C31H27N3O7. The average Bonchev–Trinajstić information content (AvgIpc) is 3.42. The molecule has 0 spiro atoms. The van der Waals surface area contributed by atoms with Crippen molar-refractivity contribution in [1.82, 2.24) is 9.66 Å². The van der Waals surface area contributed by atoms with Crippen molar-refractivity contribution in [2.75, 3.05) is 14.2 Å². The first-order valence-corrected chi connectivity index (χ1v) is 12.7. The number of furan rings is 1. The number of para-hydroxylation sites is 1. The van der Waals surface area contributed by atoms with E-state index in [2.05, 4.69) is 11.7 Å². The highest BCUT2D eigenvalue weighted by Gasteiger charge is 2.20. The smallest absolute Gasteiger partial charge is 0.344 e. The molecule has 2 heterocycles. The van der Waals surface area contributed by atoms with Crippen molar-refractivity contribution in [3.63, 3.8) is 0 Å². The highest BCUT2D eigenvalue weighted by molar-refractivity contribution is 5.89. The minimum atomic E-state index is -1.11. The number of carbonyl (C=O) groups is 1. The molecule has 0 radical (unpaired) electrons. The molecule has 0 saturated heterocycles. The van der Waals surface area contributed by atoms with Crippen LogP contribution in [0.4, 0.5) is 0 Å². The van der Waals surface area contributed by atoms with Gasteiger partial charge in [-0.2, -0.15) is 9.78 Å². The number of benzene rings is 3. The molecule has 41 heavy (non-hydrogen) atoms. The van der Waals surface area contributed by atoms with E-state index < -0.39 is 12.1 Å². The van der Waals surface area contributed by atoms with Crippen LogP contribution >= 0.6 is 0 Å². The zero-order valence-corrected chi connectivity index (χ0v) is 22.7. The molecule has 10 heteroatoms. The molecular weight excluding hydrogens is 526 g/mol. The first-order chi connectivity index (χ1) is 19.8. The topological polar surface area (TPSA) is 125 Å². The first kappa shape index (κ1) is 27.2. The SMILES string of the molecule is C=CCc1cc(C=Nn2c(-c3cc4c(OC)cccc4o3)nc3ccccc3c2=O)cc(OC)c1O[C@@H](C)C(=O)O. The van der Waals surface area contributed by atoms with Crippen LogP contribution in [0.15, 0.2) is 87.6 Å². The van der Waals surface area contributed by atoms with Crippen LogP contribution in [-0.2, 0) is 11.2 Å². The van der Waals surface area contributed by atoms with Crippen LogP contribution in [0.25, 0.3) is 33.5 Å². The first-order valence-electron chi connectivity index (χ1n) is 12.7. The quantitative estimate of drug-likeness (QED) is 0.183. The lowest BCUT2D eigenvalue weighted by Crippen LogP contribution is -2.23. The normalized spacial score (nSPS) is 12.1. The van der Waals surface area contributed by atoms with Crippen LogP contribution in [0.5, 0.6) is 17.2 Å². The van der Waals surface area contributed by atoms with Crippen LogP contribution < -0.4 is 19.8 Å². The number of aromatic nitrogens is 2. The van der Waals surface area contributed by atoms with E-state index in [0.29, 0.717) is 57.0 Å². The summed E-state index contributed by atoms with van der Waals surface area (Å²) in [6.07, 6.45) is 2.44. The number of ether oxygens (including phenoxy) is 3. The minimum absolute atomic E-state index is 0.205. The third kappa shape index (κ3) is 5.27. The largest absolute Gasteiger partial charge is 0.496 e. The molecule has 0 saturated carbocycles. The van der Waals surface area contributed by atoms with Crippen molar-refractivity contribution in [3.05, 3.63) is 94.8 Å². The second-order valence-electron chi connectivity index (χ2n) is 9.10. The molecule has 208 valence electrons. The van der Waals surface area contributed by atoms with Crippen molar-refractivity contribution >= 4 is 34.1 Å². The zero-order chi connectivity index (χ0) is 29.1. The Bertz CT molecular complexity index is 1870. The zero-order valence-electron chi connectivity index (χ0n) is 22.7. The Morgan fingerprint density at radius 1 is 1.10 bits per heavy atom. The van der Waals surface area contributed by atoms with Crippen LogP contribution in [0.2, 0.25) is 0 Å². The lowest BCUT2D eigenvalue weighted by Gasteiger charge is -2.18. The second kappa shape index (κ2) is 11.4. The van der Waals surface area contributed by atoms with Gasteiger partial charge in [0.25, 0.3) is 5.56 Å². The maximum absolute atomic E-state index is 13.6. The Labute approximate surface area is 234 Å². The maximum Gasteiger partial charge on any atom is 0.344 e. The Kier molecular flexibility index (Phi) is 7.55. The van der Waals surface area contributed by atoms with E-state index in [1.165, 1.54) is 24.9 Å². The molecule has 3 aromatic carbocycles. The van der Waals surface area contributed by atoms with Gasteiger partial charge in [0.2, 0.25) is 5.82 Å². The number of nitrogens with zero attached hydrogens (tertiary/aromatic N) is 3. The van der Waals surface area contributed by atoms with Crippen molar-refractivity contribution in [3.8, 4) is 28.8 Å². The monoisotopic (exact) mass is 553 g/mol. The summed E-state index contributed by atoms with van der Waals surface area (Å²) in [5.74, 6) is 0.657. The lowest BCUT2D eigenvalue weighted by molar-refractivity contribution is -0.144. The van der Waals surface area contributed by atoms with E-state index in [-0.39, 0.29) is 11.4 Å². The highest BCUT2D eigenvalue weighted by atomic mass is 16.5. The predicted octanol–water partition coefficient (Wildman–Crippen LogP) is 5.29. The number of hydrogen-bond donors (Lipinski definition) is 1. The molecule has 10 nitrogen and oxygen atoms in total. The van der Waals surface area contributed by atoms with Gasteiger partial charge in [-0.25, -0.2) is 9.78 Å².